The van der Waals surface area contributed by atoms with Crippen LogP contribution in [0.4, 0.5) is 0 Å². The molecule has 11 nitrogen and oxygen atoms in total. The van der Waals surface area contributed by atoms with Crippen molar-refractivity contribution in [3.05, 3.63) is 106 Å². The van der Waals surface area contributed by atoms with E-state index in [2.05, 4.69) is 20.5 Å². The van der Waals surface area contributed by atoms with E-state index in [4.69, 9.17) is 11.6 Å². The summed E-state index contributed by atoms with van der Waals surface area (Å²) in [5.41, 5.74) is 3.85. The van der Waals surface area contributed by atoms with E-state index in [1.165, 1.54) is 34.1 Å². The first-order valence-corrected chi connectivity index (χ1v) is 14.4. The maximum absolute atomic E-state index is 14.0. The number of carboxylic acids is 1. The molecule has 0 spiro atoms. The molecule has 0 radical (unpaired) electrons. The molecule has 2 aromatic carbocycles. The SMILES string of the molecule is CC(C)C(=O)Cc1cnc2c(c1)C(C(=O)Cc1ccc(C(=O)O)cc1)N(C(=O)/C=C/c1cc(Cl)ccc1-n1cnnn1)CC2. The zero-order valence-electron chi connectivity index (χ0n) is 24.1. The number of Topliss-reactive ketones (excluding diaryl/α,β-unsaturated/α-hetero) is 2. The van der Waals surface area contributed by atoms with Gasteiger partial charge in [0.1, 0.15) is 18.2 Å². The van der Waals surface area contributed by atoms with Gasteiger partial charge < -0.3 is 10.0 Å². The zero-order valence-corrected chi connectivity index (χ0v) is 24.8. The molecular weight excluding hydrogens is 584 g/mol. The Morgan fingerprint density at radius 2 is 1.82 bits per heavy atom. The minimum Gasteiger partial charge on any atom is -0.478 e. The lowest BCUT2D eigenvalue weighted by Gasteiger charge is -2.35. The highest BCUT2D eigenvalue weighted by Gasteiger charge is 2.36. The number of ketones is 2. The van der Waals surface area contributed by atoms with Crippen molar-refractivity contribution in [2.24, 2.45) is 5.92 Å². The van der Waals surface area contributed by atoms with Gasteiger partial charge in [0.05, 0.1) is 11.3 Å². The maximum Gasteiger partial charge on any atom is 0.335 e. The van der Waals surface area contributed by atoms with Crippen molar-refractivity contribution < 1.29 is 24.3 Å². The number of rotatable bonds is 10. The molecule has 12 heteroatoms. The van der Waals surface area contributed by atoms with Crippen LogP contribution in [0.25, 0.3) is 11.8 Å². The molecule has 4 aromatic rings. The third kappa shape index (κ3) is 6.78. The number of fused-ring (bicyclic) bond motifs is 1. The minimum atomic E-state index is -1.06. The average Bonchev–Trinajstić information content (AvgIpc) is 3.54. The van der Waals surface area contributed by atoms with Crippen LogP contribution < -0.4 is 0 Å². The molecule has 1 unspecified atom stereocenters. The summed E-state index contributed by atoms with van der Waals surface area (Å²) in [6.07, 6.45) is 6.62. The molecular formula is C32H29ClN6O5. The average molecular weight is 613 g/mol. The number of tetrazole rings is 1. The lowest BCUT2D eigenvalue weighted by atomic mass is 9.89. The summed E-state index contributed by atoms with van der Waals surface area (Å²) in [5.74, 6) is -1.85. The zero-order chi connectivity index (χ0) is 31.4. The van der Waals surface area contributed by atoms with Gasteiger partial charge in [0.25, 0.3) is 0 Å². The number of amides is 1. The second kappa shape index (κ2) is 13.1. The first kappa shape index (κ1) is 30.4. The molecule has 2 aromatic heterocycles. The van der Waals surface area contributed by atoms with Gasteiger partial charge in [0.15, 0.2) is 5.78 Å². The van der Waals surface area contributed by atoms with Crippen molar-refractivity contribution in [1.29, 1.82) is 0 Å². The van der Waals surface area contributed by atoms with Crippen LogP contribution in [0.15, 0.2) is 67.1 Å². The number of aromatic carboxylic acids is 1. The van der Waals surface area contributed by atoms with Gasteiger partial charge in [0.2, 0.25) is 5.91 Å². The molecule has 44 heavy (non-hydrogen) atoms. The molecule has 0 aliphatic carbocycles. The van der Waals surface area contributed by atoms with Crippen molar-refractivity contribution in [3.63, 3.8) is 0 Å². The molecule has 1 aliphatic rings. The number of benzene rings is 2. The predicted molar refractivity (Wildman–Crippen MR) is 161 cm³/mol. The highest BCUT2D eigenvalue weighted by molar-refractivity contribution is 6.30. The minimum absolute atomic E-state index is 0.0373. The van der Waals surface area contributed by atoms with Gasteiger partial charge in [-0.3, -0.25) is 19.4 Å². The van der Waals surface area contributed by atoms with E-state index < -0.39 is 17.9 Å². The van der Waals surface area contributed by atoms with E-state index in [-0.39, 0.29) is 42.4 Å². The van der Waals surface area contributed by atoms with Gasteiger partial charge in [-0.05, 0) is 64.0 Å². The lowest BCUT2D eigenvalue weighted by Crippen LogP contribution is -2.43. The fourth-order valence-electron chi connectivity index (χ4n) is 5.07. The Morgan fingerprint density at radius 1 is 1.05 bits per heavy atom. The van der Waals surface area contributed by atoms with E-state index in [0.29, 0.717) is 45.1 Å². The number of hydrogen-bond donors (Lipinski definition) is 1. The normalized spacial score (nSPS) is 14.5. The molecule has 1 aliphatic heterocycles. The highest BCUT2D eigenvalue weighted by Crippen LogP contribution is 2.32. The quantitative estimate of drug-likeness (QED) is 0.261. The molecule has 3 heterocycles. The Balaban J connectivity index is 1.49. The van der Waals surface area contributed by atoms with Crippen molar-refractivity contribution in [1.82, 2.24) is 30.1 Å². The predicted octanol–water partition coefficient (Wildman–Crippen LogP) is 4.13. The number of carbonyl (C=O) groups excluding carboxylic acids is 3. The molecule has 0 fully saturated rings. The molecule has 0 saturated heterocycles. The van der Waals surface area contributed by atoms with Crippen LogP contribution in [0.3, 0.4) is 0 Å². The summed E-state index contributed by atoms with van der Waals surface area (Å²) in [6.45, 7) is 3.90. The smallest absolute Gasteiger partial charge is 0.335 e. The molecule has 0 saturated carbocycles. The number of pyridine rings is 1. The Bertz CT molecular complexity index is 1750. The summed E-state index contributed by atoms with van der Waals surface area (Å²) in [6, 6.07) is 12.0. The van der Waals surface area contributed by atoms with Gasteiger partial charge in [-0.15, -0.1) is 5.10 Å². The van der Waals surface area contributed by atoms with Gasteiger partial charge in [-0.2, -0.15) is 4.68 Å². The summed E-state index contributed by atoms with van der Waals surface area (Å²) in [5, 5.41) is 21.0. The van der Waals surface area contributed by atoms with E-state index in [0.717, 1.165) is 0 Å². The molecule has 224 valence electrons. The molecule has 1 amide bonds. The van der Waals surface area contributed by atoms with Crippen LogP contribution >= 0.6 is 11.6 Å². The first-order chi connectivity index (χ1) is 21.1. The number of carboxylic acid groups (broad SMARTS) is 1. The number of hydrogen-bond acceptors (Lipinski definition) is 8. The number of carbonyl (C=O) groups is 4. The third-order valence-corrected chi connectivity index (χ3v) is 7.67. The van der Waals surface area contributed by atoms with Crippen LogP contribution in [0, 0.1) is 5.92 Å². The van der Waals surface area contributed by atoms with E-state index in [9.17, 15) is 24.3 Å². The van der Waals surface area contributed by atoms with Crippen LogP contribution in [0.5, 0.6) is 0 Å². The third-order valence-electron chi connectivity index (χ3n) is 7.44. The molecule has 5 rings (SSSR count). The number of nitrogens with zero attached hydrogens (tertiary/aromatic N) is 6. The topological polar surface area (TPSA) is 148 Å². The largest absolute Gasteiger partial charge is 0.478 e. The number of halogens is 1. The second-order valence-corrected chi connectivity index (χ2v) is 11.2. The van der Waals surface area contributed by atoms with Crippen LogP contribution in [-0.4, -0.2) is 65.2 Å². The Hall–Kier alpha value is -5.03. The Morgan fingerprint density at radius 3 is 2.50 bits per heavy atom. The van der Waals surface area contributed by atoms with Gasteiger partial charge >= 0.3 is 5.97 Å². The fraction of sp³-hybridized carbons (Fsp3) is 0.250. The van der Waals surface area contributed by atoms with E-state index in [1.54, 1.807) is 48.7 Å². The summed E-state index contributed by atoms with van der Waals surface area (Å²) >= 11 is 6.24. The lowest BCUT2D eigenvalue weighted by molar-refractivity contribution is -0.136. The standard InChI is InChI=1S/C32H29ClN6O5/c1-19(2)28(40)15-21-13-25-26(34-17-21)11-12-38(31(25)29(41)14-20-3-5-22(6-4-20)32(43)44)30(42)10-7-23-16-24(33)8-9-27(23)39-18-35-36-37-39/h3-10,13,16-19,31H,11-12,14-15H2,1-2H3,(H,43,44)/b10-7+. The Kier molecular flexibility index (Phi) is 9.05. The number of aromatic nitrogens is 5. The molecule has 1 N–H and O–H groups in total. The fourth-order valence-corrected chi connectivity index (χ4v) is 5.25. The van der Waals surface area contributed by atoms with Crippen LogP contribution in [0.2, 0.25) is 5.02 Å². The van der Waals surface area contributed by atoms with Crippen LogP contribution in [-0.2, 0) is 33.6 Å². The van der Waals surface area contributed by atoms with Gasteiger partial charge in [-0.25, -0.2) is 4.79 Å². The van der Waals surface area contributed by atoms with Crippen LogP contribution in [0.1, 0.15) is 58.2 Å². The highest BCUT2D eigenvalue weighted by atomic mass is 35.5. The molecule has 0 bridgehead atoms. The van der Waals surface area contributed by atoms with Crippen molar-refractivity contribution in [2.45, 2.75) is 39.2 Å². The monoisotopic (exact) mass is 612 g/mol. The summed E-state index contributed by atoms with van der Waals surface area (Å²) < 4.78 is 1.45. The van der Waals surface area contributed by atoms with Crippen molar-refractivity contribution in [3.8, 4) is 5.69 Å². The van der Waals surface area contributed by atoms with E-state index in [1.807, 2.05) is 13.8 Å². The van der Waals surface area contributed by atoms with Gasteiger partial charge in [-0.1, -0.05) is 37.6 Å². The molecule has 1 atom stereocenters. The van der Waals surface area contributed by atoms with Crippen molar-refractivity contribution >= 4 is 41.1 Å². The van der Waals surface area contributed by atoms with Gasteiger partial charge in [0, 0.05) is 65.8 Å². The summed E-state index contributed by atoms with van der Waals surface area (Å²) in [4.78, 5) is 57.6. The maximum atomic E-state index is 14.0. The first-order valence-electron chi connectivity index (χ1n) is 14.0. The van der Waals surface area contributed by atoms with Crippen molar-refractivity contribution in [2.75, 3.05) is 6.54 Å². The van der Waals surface area contributed by atoms with E-state index >= 15 is 0 Å². The second-order valence-electron chi connectivity index (χ2n) is 10.8. The summed E-state index contributed by atoms with van der Waals surface area (Å²) in [7, 11) is 0. The Labute approximate surface area is 258 Å².